The Morgan fingerprint density at radius 3 is 2.69 bits per heavy atom. The third kappa shape index (κ3) is 8.69. The van der Waals surface area contributed by atoms with Crippen LogP contribution in [0.25, 0.3) is 0 Å². The van der Waals surface area contributed by atoms with E-state index < -0.39 is 0 Å². The molecule has 7 nitrogen and oxygen atoms in total. The SMILES string of the molecule is CC(CCCCNC=O)NC(=O)CCCCCSC1CC(=O)N(C)C1=O. The van der Waals surface area contributed by atoms with E-state index >= 15 is 0 Å². The fourth-order valence-corrected chi connectivity index (χ4v) is 4.01. The highest BCUT2D eigenvalue weighted by molar-refractivity contribution is 8.00. The summed E-state index contributed by atoms with van der Waals surface area (Å²) in [7, 11) is 1.53. The van der Waals surface area contributed by atoms with Crippen LogP contribution in [0.15, 0.2) is 0 Å². The average Bonchev–Trinajstić information content (AvgIpc) is 2.84. The van der Waals surface area contributed by atoms with Gasteiger partial charge in [-0.05, 0) is 44.8 Å². The van der Waals surface area contributed by atoms with Crippen molar-refractivity contribution < 1.29 is 19.2 Å². The number of carbonyl (C=O) groups is 4. The summed E-state index contributed by atoms with van der Waals surface area (Å²) in [5.41, 5.74) is 0. The van der Waals surface area contributed by atoms with Crippen molar-refractivity contribution in [2.75, 3.05) is 19.3 Å². The Morgan fingerprint density at radius 2 is 2.04 bits per heavy atom. The topological polar surface area (TPSA) is 95.6 Å². The van der Waals surface area contributed by atoms with E-state index in [-0.39, 0.29) is 29.0 Å². The monoisotopic (exact) mass is 385 g/mol. The maximum atomic E-state index is 11.9. The second kappa shape index (κ2) is 12.7. The van der Waals surface area contributed by atoms with E-state index in [4.69, 9.17) is 0 Å². The molecule has 0 aromatic rings. The molecule has 0 saturated carbocycles. The van der Waals surface area contributed by atoms with Gasteiger partial charge in [0.25, 0.3) is 0 Å². The van der Waals surface area contributed by atoms with Crippen molar-refractivity contribution in [1.29, 1.82) is 0 Å². The van der Waals surface area contributed by atoms with E-state index in [0.29, 0.717) is 25.8 Å². The Kier molecular flexibility index (Phi) is 11.0. The van der Waals surface area contributed by atoms with Crippen molar-refractivity contribution in [3.8, 4) is 0 Å². The van der Waals surface area contributed by atoms with E-state index in [0.717, 1.165) is 44.3 Å². The number of hydrogen-bond acceptors (Lipinski definition) is 5. The molecule has 0 bridgehead atoms. The largest absolute Gasteiger partial charge is 0.359 e. The zero-order valence-corrected chi connectivity index (χ0v) is 16.6. The summed E-state index contributed by atoms with van der Waals surface area (Å²) >= 11 is 1.54. The smallest absolute Gasteiger partial charge is 0.242 e. The molecule has 1 aliphatic rings. The number of unbranched alkanes of at least 4 members (excludes halogenated alkanes) is 3. The molecule has 2 unspecified atom stereocenters. The number of nitrogens with one attached hydrogen (secondary N) is 2. The Bertz CT molecular complexity index is 487. The lowest BCUT2D eigenvalue weighted by Crippen LogP contribution is -2.32. The van der Waals surface area contributed by atoms with Gasteiger partial charge in [-0.1, -0.05) is 6.42 Å². The predicted molar refractivity (Wildman–Crippen MR) is 103 cm³/mol. The molecule has 26 heavy (non-hydrogen) atoms. The summed E-state index contributed by atoms with van der Waals surface area (Å²) in [5, 5.41) is 5.40. The molecule has 0 spiro atoms. The first kappa shape index (κ1) is 22.5. The minimum Gasteiger partial charge on any atom is -0.359 e. The summed E-state index contributed by atoms with van der Waals surface area (Å²) in [5.74, 6) is 0.729. The van der Waals surface area contributed by atoms with Crippen LogP contribution in [-0.4, -0.2) is 59.7 Å². The first-order valence-electron chi connectivity index (χ1n) is 9.34. The molecule has 2 atom stereocenters. The van der Waals surface area contributed by atoms with Crippen LogP contribution in [0.1, 0.15) is 58.3 Å². The van der Waals surface area contributed by atoms with Crippen molar-refractivity contribution >= 4 is 35.9 Å². The van der Waals surface area contributed by atoms with Crippen LogP contribution in [0.2, 0.25) is 0 Å². The summed E-state index contributed by atoms with van der Waals surface area (Å²) < 4.78 is 0. The van der Waals surface area contributed by atoms with Gasteiger partial charge in [-0.25, -0.2) is 0 Å². The minimum absolute atomic E-state index is 0.0781. The van der Waals surface area contributed by atoms with E-state index in [1.54, 1.807) is 11.8 Å². The van der Waals surface area contributed by atoms with E-state index in [1.165, 1.54) is 11.9 Å². The summed E-state index contributed by atoms with van der Waals surface area (Å²) in [6.07, 6.45) is 7.05. The van der Waals surface area contributed by atoms with Crippen LogP contribution >= 0.6 is 11.8 Å². The van der Waals surface area contributed by atoms with Crippen molar-refractivity contribution in [3.05, 3.63) is 0 Å². The summed E-state index contributed by atoms with van der Waals surface area (Å²) in [6.45, 7) is 2.68. The minimum atomic E-state index is -0.224. The number of rotatable bonds is 14. The Morgan fingerprint density at radius 1 is 1.27 bits per heavy atom. The number of amides is 4. The first-order chi connectivity index (χ1) is 12.5. The van der Waals surface area contributed by atoms with Crippen molar-refractivity contribution in [3.63, 3.8) is 0 Å². The van der Waals surface area contributed by atoms with Gasteiger partial charge >= 0.3 is 0 Å². The number of nitrogens with zero attached hydrogens (tertiary/aromatic N) is 1. The predicted octanol–water partition coefficient (Wildman–Crippen LogP) is 1.46. The van der Waals surface area contributed by atoms with Gasteiger partial charge in [0.1, 0.15) is 0 Å². The molecule has 0 radical (unpaired) electrons. The fourth-order valence-electron chi connectivity index (χ4n) is 2.80. The van der Waals surface area contributed by atoms with Crippen LogP contribution in [-0.2, 0) is 19.2 Å². The van der Waals surface area contributed by atoms with Crippen molar-refractivity contribution in [1.82, 2.24) is 15.5 Å². The molecule has 148 valence electrons. The normalized spacial score (nSPS) is 18.1. The van der Waals surface area contributed by atoms with Crippen LogP contribution in [0, 0.1) is 0 Å². The molecule has 1 fully saturated rings. The van der Waals surface area contributed by atoms with Crippen LogP contribution in [0.4, 0.5) is 0 Å². The van der Waals surface area contributed by atoms with Gasteiger partial charge in [-0.2, -0.15) is 0 Å². The highest BCUT2D eigenvalue weighted by Crippen LogP contribution is 2.25. The van der Waals surface area contributed by atoms with Crippen molar-refractivity contribution in [2.45, 2.75) is 69.6 Å². The maximum Gasteiger partial charge on any atom is 0.242 e. The Hall–Kier alpha value is -1.57. The second-order valence-electron chi connectivity index (χ2n) is 6.70. The van der Waals surface area contributed by atoms with Crippen LogP contribution in [0.5, 0.6) is 0 Å². The van der Waals surface area contributed by atoms with Crippen LogP contribution in [0.3, 0.4) is 0 Å². The molecule has 1 rings (SSSR count). The highest BCUT2D eigenvalue weighted by Gasteiger charge is 2.35. The average molecular weight is 386 g/mol. The van der Waals surface area contributed by atoms with Gasteiger partial charge in [-0.3, -0.25) is 24.1 Å². The molecule has 1 heterocycles. The van der Waals surface area contributed by atoms with Gasteiger partial charge in [0, 0.05) is 32.5 Å². The Labute approximate surface area is 160 Å². The van der Waals surface area contributed by atoms with E-state index in [1.807, 2.05) is 6.92 Å². The molecular weight excluding hydrogens is 354 g/mol. The molecule has 8 heteroatoms. The number of imide groups is 1. The van der Waals surface area contributed by atoms with Gasteiger partial charge in [-0.15, -0.1) is 11.8 Å². The molecule has 4 amide bonds. The molecule has 1 aliphatic heterocycles. The summed E-state index contributed by atoms with van der Waals surface area (Å²) in [4.78, 5) is 46.4. The number of carbonyl (C=O) groups excluding carboxylic acids is 4. The van der Waals surface area contributed by atoms with Gasteiger partial charge in [0.15, 0.2) is 0 Å². The molecule has 1 saturated heterocycles. The van der Waals surface area contributed by atoms with Crippen LogP contribution < -0.4 is 10.6 Å². The van der Waals surface area contributed by atoms with Gasteiger partial charge in [0.2, 0.25) is 24.1 Å². The number of thioether (sulfide) groups is 1. The lowest BCUT2D eigenvalue weighted by molar-refractivity contribution is -0.136. The highest BCUT2D eigenvalue weighted by atomic mass is 32.2. The third-order valence-corrected chi connectivity index (χ3v) is 5.70. The van der Waals surface area contributed by atoms with E-state index in [2.05, 4.69) is 10.6 Å². The van der Waals surface area contributed by atoms with Crippen molar-refractivity contribution in [2.24, 2.45) is 0 Å². The molecule has 2 N–H and O–H groups in total. The Balaban J connectivity index is 1.98. The van der Waals surface area contributed by atoms with Gasteiger partial charge < -0.3 is 10.6 Å². The first-order valence-corrected chi connectivity index (χ1v) is 10.4. The zero-order chi connectivity index (χ0) is 19.4. The number of hydrogen-bond donors (Lipinski definition) is 2. The molecule has 0 aromatic heterocycles. The standard InChI is InChI=1S/C18H31N3O4S/c1-14(8-5-6-10-19-13-22)20-16(23)9-4-3-7-11-26-15-12-17(24)21(2)18(15)25/h13-15H,3-12H2,1-2H3,(H,19,22)(H,20,23). The lowest BCUT2D eigenvalue weighted by atomic mass is 10.1. The van der Waals surface area contributed by atoms with Gasteiger partial charge in [0.05, 0.1) is 5.25 Å². The molecule has 0 aliphatic carbocycles. The fraction of sp³-hybridized carbons (Fsp3) is 0.778. The molecular formula is C18H31N3O4S. The lowest BCUT2D eigenvalue weighted by Gasteiger charge is -2.13. The molecule has 0 aromatic carbocycles. The third-order valence-electron chi connectivity index (χ3n) is 4.41. The zero-order valence-electron chi connectivity index (χ0n) is 15.8. The second-order valence-corrected chi connectivity index (χ2v) is 8.01. The quantitative estimate of drug-likeness (QED) is 0.268. The number of likely N-dealkylation sites (tertiary alicyclic amines) is 1. The maximum absolute atomic E-state index is 11.9. The van der Waals surface area contributed by atoms with E-state index in [9.17, 15) is 19.2 Å². The summed E-state index contributed by atoms with van der Waals surface area (Å²) in [6, 6.07) is 0.150.